The van der Waals surface area contributed by atoms with Crippen molar-refractivity contribution in [2.24, 2.45) is 0 Å². The number of benzene rings is 2. The van der Waals surface area contributed by atoms with Crippen molar-refractivity contribution in [1.82, 2.24) is 20.3 Å². The van der Waals surface area contributed by atoms with Gasteiger partial charge in [-0.3, -0.25) is 4.79 Å². The molecular formula is C23H26N6O3. The van der Waals surface area contributed by atoms with Crippen LogP contribution in [-0.4, -0.2) is 54.8 Å². The zero-order chi connectivity index (χ0) is 22.3. The Bertz CT molecular complexity index is 1090. The van der Waals surface area contributed by atoms with E-state index in [1.807, 2.05) is 18.2 Å². The summed E-state index contributed by atoms with van der Waals surface area (Å²) in [7, 11) is 3.27. The van der Waals surface area contributed by atoms with Crippen molar-refractivity contribution in [3.8, 4) is 5.75 Å². The summed E-state index contributed by atoms with van der Waals surface area (Å²) in [5.41, 5.74) is 3.79. The fourth-order valence-electron chi connectivity index (χ4n) is 3.54. The molecule has 1 amide bonds. The summed E-state index contributed by atoms with van der Waals surface area (Å²) in [6, 6.07) is 13.4. The first-order valence-corrected chi connectivity index (χ1v) is 10.4. The highest BCUT2D eigenvalue weighted by molar-refractivity contribution is 5.95. The number of fused-ring (bicyclic) bond motifs is 1. The number of nitrogens with one attached hydrogen (secondary N) is 2. The Kier molecular flexibility index (Phi) is 6.76. The molecule has 9 heteroatoms. The zero-order valence-electron chi connectivity index (χ0n) is 18.2. The molecule has 0 saturated carbocycles. The Balaban J connectivity index is 1.45. The minimum Gasteiger partial charge on any atom is -0.491 e. The average Bonchev–Trinajstić information content (AvgIpc) is 2.83. The second kappa shape index (κ2) is 10.1. The molecule has 1 aliphatic rings. The minimum atomic E-state index is -0.149. The quantitative estimate of drug-likeness (QED) is 0.522. The van der Waals surface area contributed by atoms with Crippen molar-refractivity contribution in [1.29, 1.82) is 0 Å². The molecule has 2 aromatic carbocycles. The van der Waals surface area contributed by atoms with E-state index in [1.165, 1.54) is 17.5 Å². The van der Waals surface area contributed by atoms with Crippen molar-refractivity contribution in [2.45, 2.75) is 13.0 Å². The first kappa shape index (κ1) is 21.5. The number of carbonyl (C=O) groups excluding carboxylic acids is 1. The molecule has 0 fully saturated rings. The highest BCUT2D eigenvalue weighted by Gasteiger charge is 2.19. The van der Waals surface area contributed by atoms with Crippen LogP contribution in [0, 0.1) is 0 Å². The lowest BCUT2D eigenvalue weighted by Crippen LogP contribution is -2.32. The smallest absolute Gasteiger partial charge is 0.251 e. The monoisotopic (exact) mass is 434 g/mol. The predicted octanol–water partition coefficient (Wildman–Crippen LogP) is 2.56. The van der Waals surface area contributed by atoms with Gasteiger partial charge in [0.2, 0.25) is 11.9 Å². The van der Waals surface area contributed by atoms with E-state index in [9.17, 15) is 4.79 Å². The molecule has 166 valence electrons. The van der Waals surface area contributed by atoms with Gasteiger partial charge in [-0.25, -0.2) is 9.97 Å². The Morgan fingerprint density at radius 3 is 2.88 bits per heavy atom. The third-order valence-corrected chi connectivity index (χ3v) is 5.20. The molecule has 0 saturated heterocycles. The molecule has 0 spiro atoms. The molecular weight excluding hydrogens is 408 g/mol. The lowest BCUT2D eigenvalue weighted by molar-refractivity contribution is 0.0963. The van der Waals surface area contributed by atoms with Crippen LogP contribution < -0.4 is 20.3 Å². The molecule has 0 radical (unpaired) electrons. The molecule has 0 aliphatic carbocycles. The molecule has 3 aromatic rings. The minimum absolute atomic E-state index is 0.149. The highest BCUT2D eigenvalue weighted by Crippen LogP contribution is 2.26. The van der Waals surface area contributed by atoms with Crippen LogP contribution >= 0.6 is 0 Å². The fraction of sp³-hybridized carbons (Fsp3) is 0.304. The van der Waals surface area contributed by atoms with Crippen molar-refractivity contribution in [3.05, 3.63) is 65.5 Å². The van der Waals surface area contributed by atoms with Crippen LogP contribution in [0.5, 0.6) is 5.75 Å². The van der Waals surface area contributed by atoms with Crippen molar-refractivity contribution >= 4 is 23.5 Å². The summed E-state index contributed by atoms with van der Waals surface area (Å²) in [4.78, 5) is 27.2. The average molecular weight is 435 g/mol. The van der Waals surface area contributed by atoms with Crippen LogP contribution in [0.15, 0.2) is 48.8 Å². The Hall–Kier alpha value is -3.72. The van der Waals surface area contributed by atoms with Gasteiger partial charge in [0.1, 0.15) is 18.7 Å². The summed E-state index contributed by atoms with van der Waals surface area (Å²) in [6.07, 6.45) is 2.37. The maximum atomic E-state index is 11.9. The summed E-state index contributed by atoms with van der Waals surface area (Å²) in [6.45, 7) is 2.61. The molecule has 1 aliphatic heterocycles. The topological polar surface area (TPSA) is 102 Å². The Labute approximate surface area is 186 Å². The van der Waals surface area contributed by atoms with Gasteiger partial charge in [-0.05, 0) is 47.9 Å². The number of aromatic nitrogens is 3. The number of ether oxygens (including phenoxy) is 2. The standard InChI is InChI=1S/C23H26N6O3/c1-24-21(30)17-4-3-5-19(12-17)27-22-25-15-26-23(28-22)29-9-8-16-13-20(32-11-10-31-2)7-6-18(16)14-29/h3-7,12-13,15H,8-11,14H2,1-2H3,(H,24,30)(H,25,26,27,28). The predicted molar refractivity (Wildman–Crippen MR) is 122 cm³/mol. The molecule has 32 heavy (non-hydrogen) atoms. The number of nitrogens with zero attached hydrogens (tertiary/aromatic N) is 4. The maximum Gasteiger partial charge on any atom is 0.251 e. The van der Waals surface area contributed by atoms with Crippen LogP contribution in [0.1, 0.15) is 21.5 Å². The number of amides is 1. The van der Waals surface area contributed by atoms with E-state index in [-0.39, 0.29) is 5.91 Å². The summed E-state index contributed by atoms with van der Waals surface area (Å²) < 4.78 is 10.8. The van der Waals surface area contributed by atoms with Gasteiger partial charge < -0.3 is 25.0 Å². The Morgan fingerprint density at radius 1 is 1.12 bits per heavy atom. The van der Waals surface area contributed by atoms with Crippen LogP contribution in [0.25, 0.3) is 0 Å². The number of hydrogen-bond donors (Lipinski definition) is 2. The van der Waals surface area contributed by atoms with Gasteiger partial charge in [0.05, 0.1) is 6.61 Å². The van der Waals surface area contributed by atoms with Crippen LogP contribution in [0.2, 0.25) is 0 Å². The lowest BCUT2D eigenvalue weighted by Gasteiger charge is -2.29. The molecule has 1 aromatic heterocycles. The molecule has 0 unspecified atom stereocenters. The van der Waals surface area contributed by atoms with Gasteiger partial charge in [-0.15, -0.1) is 0 Å². The molecule has 4 rings (SSSR count). The molecule has 0 atom stereocenters. The van der Waals surface area contributed by atoms with E-state index in [0.717, 1.165) is 24.4 Å². The number of carbonyl (C=O) groups is 1. The Morgan fingerprint density at radius 2 is 2.03 bits per heavy atom. The van der Waals surface area contributed by atoms with E-state index in [4.69, 9.17) is 9.47 Å². The first-order valence-electron chi connectivity index (χ1n) is 10.4. The number of anilines is 3. The van der Waals surface area contributed by atoms with Crippen LogP contribution in [0.4, 0.5) is 17.6 Å². The van der Waals surface area contributed by atoms with E-state index in [0.29, 0.717) is 37.2 Å². The molecule has 2 N–H and O–H groups in total. The van der Waals surface area contributed by atoms with Crippen molar-refractivity contribution in [3.63, 3.8) is 0 Å². The summed E-state index contributed by atoms with van der Waals surface area (Å²) >= 11 is 0. The summed E-state index contributed by atoms with van der Waals surface area (Å²) in [5.74, 6) is 1.75. The van der Waals surface area contributed by atoms with Gasteiger partial charge in [0, 0.05) is 38.5 Å². The van der Waals surface area contributed by atoms with Crippen molar-refractivity contribution < 1.29 is 14.3 Å². The van der Waals surface area contributed by atoms with E-state index >= 15 is 0 Å². The maximum absolute atomic E-state index is 11.9. The normalized spacial score (nSPS) is 12.8. The van der Waals surface area contributed by atoms with Crippen LogP contribution in [0.3, 0.4) is 0 Å². The molecule has 9 nitrogen and oxygen atoms in total. The number of methoxy groups -OCH3 is 1. The van der Waals surface area contributed by atoms with Crippen molar-refractivity contribution in [2.75, 3.05) is 44.1 Å². The number of rotatable bonds is 8. The summed E-state index contributed by atoms with van der Waals surface area (Å²) in [5, 5.41) is 5.78. The number of hydrogen-bond acceptors (Lipinski definition) is 8. The van der Waals surface area contributed by atoms with E-state index in [2.05, 4.69) is 42.6 Å². The van der Waals surface area contributed by atoms with Gasteiger partial charge in [0.15, 0.2) is 0 Å². The van der Waals surface area contributed by atoms with E-state index < -0.39 is 0 Å². The van der Waals surface area contributed by atoms with Gasteiger partial charge in [-0.2, -0.15) is 4.98 Å². The fourth-order valence-corrected chi connectivity index (χ4v) is 3.54. The molecule has 0 bridgehead atoms. The SMILES string of the molecule is CNC(=O)c1cccc(Nc2ncnc(N3CCc4cc(OCCOC)ccc4C3)n2)c1. The second-order valence-electron chi connectivity index (χ2n) is 7.34. The zero-order valence-corrected chi connectivity index (χ0v) is 18.2. The first-order chi connectivity index (χ1) is 15.7. The molecule has 2 heterocycles. The van der Waals surface area contributed by atoms with Gasteiger partial charge >= 0.3 is 0 Å². The largest absolute Gasteiger partial charge is 0.491 e. The highest BCUT2D eigenvalue weighted by atomic mass is 16.5. The third-order valence-electron chi connectivity index (χ3n) is 5.20. The lowest BCUT2D eigenvalue weighted by atomic mass is 10.00. The third kappa shape index (κ3) is 5.12. The van der Waals surface area contributed by atoms with E-state index in [1.54, 1.807) is 26.3 Å². The van der Waals surface area contributed by atoms with Gasteiger partial charge in [0.25, 0.3) is 5.91 Å². The second-order valence-corrected chi connectivity index (χ2v) is 7.34. The van der Waals surface area contributed by atoms with Gasteiger partial charge in [-0.1, -0.05) is 12.1 Å². The van der Waals surface area contributed by atoms with Crippen LogP contribution in [-0.2, 0) is 17.7 Å².